The highest BCUT2D eigenvalue weighted by atomic mass is 79.9. The number of carbonyl (C=O) groups excluding carboxylic acids is 2. The second-order valence-corrected chi connectivity index (χ2v) is 7.71. The highest BCUT2D eigenvalue weighted by molar-refractivity contribution is 9.10. The average molecular weight is 392 g/mol. The summed E-state index contributed by atoms with van der Waals surface area (Å²) in [4.78, 5) is 23.8. The molecule has 1 N–H and O–H groups in total. The summed E-state index contributed by atoms with van der Waals surface area (Å²) >= 11 is 3.41. The molecule has 0 radical (unpaired) electrons. The van der Waals surface area contributed by atoms with Gasteiger partial charge < -0.3 is 10.1 Å². The van der Waals surface area contributed by atoms with Gasteiger partial charge in [0.2, 0.25) is 0 Å². The van der Waals surface area contributed by atoms with Crippen LogP contribution < -0.4 is 5.32 Å². The minimum atomic E-state index is -0.585. The molecule has 0 spiro atoms. The lowest BCUT2D eigenvalue weighted by molar-refractivity contribution is -0.114. The number of hydrogen-bond acceptors (Lipinski definition) is 3. The molecule has 0 aliphatic heterocycles. The Labute approximate surface area is 151 Å². The van der Waals surface area contributed by atoms with Gasteiger partial charge in [0.25, 0.3) is 0 Å². The van der Waals surface area contributed by atoms with Crippen molar-refractivity contribution in [2.24, 2.45) is 0 Å². The van der Waals surface area contributed by atoms with Gasteiger partial charge in [-0.15, -0.1) is 0 Å². The minimum Gasteiger partial charge on any atom is -0.444 e. The Hall–Kier alpha value is -1.88. The Balaban J connectivity index is 2.26. The molecule has 0 bridgehead atoms. The Bertz CT molecular complexity index is 684. The molecule has 0 fully saturated rings. The number of amides is 1. The van der Waals surface area contributed by atoms with E-state index in [1.807, 2.05) is 45.0 Å². The molecule has 1 aromatic rings. The van der Waals surface area contributed by atoms with Gasteiger partial charge in [-0.1, -0.05) is 34.6 Å². The van der Waals surface area contributed by atoms with Crippen molar-refractivity contribution < 1.29 is 14.3 Å². The van der Waals surface area contributed by atoms with Gasteiger partial charge in [-0.3, -0.25) is 4.79 Å². The molecule has 1 aliphatic rings. The van der Waals surface area contributed by atoms with Gasteiger partial charge in [0.15, 0.2) is 5.78 Å². The van der Waals surface area contributed by atoms with E-state index in [0.717, 1.165) is 15.6 Å². The van der Waals surface area contributed by atoms with E-state index < -0.39 is 17.7 Å². The van der Waals surface area contributed by atoms with Crippen LogP contribution in [-0.2, 0) is 9.53 Å². The van der Waals surface area contributed by atoms with Crippen LogP contribution in [0.5, 0.6) is 0 Å². The molecule has 0 aromatic heterocycles. The molecule has 1 aliphatic carbocycles. The Kier molecular flexibility index (Phi) is 5.65. The SMILES string of the molecule is C=C(C1=CC(=O)CC1)C(NC(=O)OC(C)(C)C)c1ccc(Br)cc1. The monoisotopic (exact) mass is 391 g/mol. The van der Waals surface area contributed by atoms with E-state index in [9.17, 15) is 9.59 Å². The number of rotatable bonds is 4. The third kappa shape index (κ3) is 5.06. The first kappa shape index (κ1) is 18.5. The van der Waals surface area contributed by atoms with Crippen LogP contribution in [0.25, 0.3) is 0 Å². The number of ether oxygens (including phenoxy) is 1. The molecular formula is C19H22BrNO3. The van der Waals surface area contributed by atoms with Gasteiger partial charge in [-0.05, 0) is 62.1 Å². The molecule has 24 heavy (non-hydrogen) atoms. The van der Waals surface area contributed by atoms with Crippen molar-refractivity contribution in [1.29, 1.82) is 0 Å². The Morgan fingerprint density at radius 1 is 1.25 bits per heavy atom. The van der Waals surface area contributed by atoms with Crippen molar-refractivity contribution in [3.8, 4) is 0 Å². The van der Waals surface area contributed by atoms with Gasteiger partial charge >= 0.3 is 6.09 Å². The van der Waals surface area contributed by atoms with Gasteiger partial charge in [0.1, 0.15) is 5.60 Å². The van der Waals surface area contributed by atoms with Gasteiger partial charge in [0.05, 0.1) is 6.04 Å². The fourth-order valence-electron chi connectivity index (χ4n) is 2.49. The molecule has 1 unspecified atom stereocenters. The maximum absolute atomic E-state index is 12.2. The van der Waals surface area contributed by atoms with Crippen molar-refractivity contribution in [2.45, 2.75) is 45.3 Å². The second-order valence-electron chi connectivity index (χ2n) is 6.79. The summed E-state index contributed by atoms with van der Waals surface area (Å²) in [5.41, 5.74) is 1.89. The van der Waals surface area contributed by atoms with Gasteiger partial charge in [-0.2, -0.15) is 0 Å². The van der Waals surface area contributed by atoms with Crippen LogP contribution in [0, 0.1) is 0 Å². The number of nitrogens with one attached hydrogen (secondary N) is 1. The maximum atomic E-state index is 12.2. The highest BCUT2D eigenvalue weighted by Crippen LogP contribution is 2.32. The highest BCUT2D eigenvalue weighted by Gasteiger charge is 2.26. The molecule has 0 heterocycles. The van der Waals surface area contributed by atoms with Crippen molar-refractivity contribution in [3.63, 3.8) is 0 Å². The molecule has 1 amide bonds. The van der Waals surface area contributed by atoms with Crippen molar-refractivity contribution in [3.05, 3.63) is 58.1 Å². The number of halogens is 1. The number of allylic oxidation sites excluding steroid dienone is 1. The lowest BCUT2D eigenvalue weighted by Crippen LogP contribution is -2.35. The predicted octanol–water partition coefficient (Wildman–Crippen LogP) is 4.86. The number of benzene rings is 1. The van der Waals surface area contributed by atoms with Crippen LogP contribution >= 0.6 is 15.9 Å². The van der Waals surface area contributed by atoms with Gasteiger partial charge in [0, 0.05) is 10.9 Å². The normalized spacial score (nSPS) is 15.7. The second kappa shape index (κ2) is 7.34. The topological polar surface area (TPSA) is 55.4 Å². The van der Waals surface area contributed by atoms with Crippen LogP contribution in [0.4, 0.5) is 4.79 Å². The Morgan fingerprint density at radius 2 is 1.88 bits per heavy atom. The lowest BCUT2D eigenvalue weighted by Gasteiger charge is -2.25. The fraction of sp³-hybridized carbons (Fsp3) is 0.368. The largest absolute Gasteiger partial charge is 0.444 e. The van der Waals surface area contributed by atoms with Crippen molar-refractivity contribution >= 4 is 27.8 Å². The fourth-order valence-corrected chi connectivity index (χ4v) is 2.75. The number of carbonyl (C=O) groups is 2. The standard InChI is InChI=1S/C19H22BrNO3/c1-12(14-7-10-16(22)11-14)17(13-5-8-15(20)9-6-13)21-18(23)24-19(2,3)4/h5-6,8-9,11,17H,1,7,10H2,2-4H3,(H,21,23). The first-order chi connectivity index (χ1) is 11.2. The summed E-state index contributed by atoms with van der Waals surface area (Å²) in [7, 11) is 0. The van der Waals surface area contributed by atoms with Crippen LogP contribution in [0.2, 0.25) is 0 Å². The quantitative estimate of drug-likeness (QED) is 0.796. The molecule has 4 nitrogen and oxygen atoms in total. The summed E-state index contributed by atoms with van der Waals surface area (Å²) in [6, 6.07) is 7.19. The molecule has 128 valence electrons. The van der Waals surface area contributed by atoms with Crippen molar-refractivity contribution in [2.75, 3.05) is 0 Å². The first-order valence-electron chi connectivity index (χ1n) is 7.83. The summed E-state index contributed by atoms with van der Waals surface area (Å²) in [5.74, 6) is 0.0953. The number of ketones is 1. The van der Waals surface area contributed by atoms with E-state index in [-0.39, 0.29) is 5.78 Å². The van der Waals surface area contributed by atoms with Crippen LogP contribution in [0.3, 0.4) is 0 Å². The van der Waals surface area contributed by atoms with E-state index in [0.29, 0.717) is 18.4 Å². The predicted molar refractivity (Wildman–Crippen MR) is 97.7 cm³/mol. The van der Waals surface area contributed by atoms with E-state index >= 15 is 0 Å². The minimum absolute atomic E-state index is 0.0953. The van der Waals surface area contributed by atoms with Crippen LogP contribution in [0.15, 0.2) is 52.5 Å². The van der Waals surface area contributed by atoms with Crippen molar-refractivity contribution in [1.82, 2.24) is 5.32 Å². The molecule has 2 rings (SSSR count). The molecule has 0 saturated carbocycles. The van der Waals surface area contributed by atoms with Crippen LogP contribution in [0.1, 0.15) is 45.2 Å². The third-order valence-electron chi connectivity index (χ3n) is 3.60. The van der Waals surface area contributed by atoms with Crippen LogP contribution in [-0.4, -0.2) is 17.5 Å². The summed E-state index contributed by atoms with van der Waals surface area (Å²) in [6.45, 7) is 9.56. The molecular weight excluding hydrogens is 370 g/mol. The maximum Gasteiger partial charge on any atom is 0.408 e. The zero-order valence-corrected chi connectivity index (χ0v) is 15.8. The van der Waals surface area contributed by atoms with E-state index in [1.165, 1.54) is 0 Å². The lowest BCUT2D eigenvalue weighted by atomic mass is 9.94. The zero-order valence-electron chi connectivity index (χ0n) is 14.2. The molecule has 5 heteroatoms. The van der Waals surface area contributed by atoms with E-state index in [4.69, 9.17) is 4.74 Å². The average Bonchev–Trinajstić information content (AvgIpc) is 2.90. The first-order valence-corrected chi connectivity index (χ1v) is 8.62. The number of hydrogen-bond donors (Lipinski definition) is 1. The summed E-state index contributed by atoms with van der Waals surface area (Å²) in [6.07, 6.45) is 2.25. The summed E-state index contributed by atoms with van der Waals surface area (Å²) in [5, 5.41) is 2.87. The number of alkyl carbamates (subject to hydrolysis) is 1. The smallest absolute Gasteiger partial charge is 0.408 e. The van der Waals surface area contributed by atoms with E-state index in [2.05, 4.69) is 27.8 Å². The Morgan fingerprint density at radius 3 is 2.38 bits per heavy atom. The molecule has 1 aromatic carbocycles. The molecule has 1 atom stereocenters. The third-order valence-corrected chi connectivity index (χ3v) is 4.13. The van der Waals surface area contributed by atoms with Gasteiger partial charge in [-0.25, -0.2) is 4.79 Å². The summed E-state index contributed by atoms with van der Waals surface area (Å²) < 4.78 is 6.31. The van der Waals surface area contributed by atoms with E-state index in [1.54, 1.807) is 6.08 Å². The zero-order chi connectivity index (χ0) is 17.9. The molecule has 0 saturated heterocycles.